The monoisotopic (exact) mass is 889 g/mol. The highest BCUT2D eigenvalue weighted by Gasteiger charge is 2.48. The minimum absolute atomic E-state index is 0.00836. The lowest BCUT2D eigenvalue weighted by Gasteiger charge is -2.39. The summed E-state index contributed by atoms with van der Waals surface area (Å²) in [5, 5.41) is 2.94. The molecule has 0 spiro atoms. The normalized spacial score (nSPS) is 17.1. The van der Waals surface area contributed by atoms with E-state index in [0.717, 1.165) is 87.5 Å². The Bertz CT molecular complexity index is 2220. The molecular weight excluding hydrogens is 832 g/mol. The third-order valence-corrected chi connectivity index (χ3v) is 15.0. The van der Waals surface area contributed by atoms with Crippen molar-refractivity contribution >= 4 is 48.9 Å². The highest BCUT2D eigenvalue weighted by atomic mass is 32.2. The van der Waals surface area contributed by atoms with Crippen LogP contribution in [-0.4, -0.2) is 103 Å². The zero-order valence-electron chi connectivity index (χ0n) is 35.1. The van der Waals surface area contributed by atoms with E-state index in [9.17, 15) is 34.8 Å². The number of amides is 1. The van der Waals surface area contributed by atoms with Gasteiger partial charge >= 0.3 is 5.51 Å². The minimum atomic E-state index is -6.02. The molecule has 0 bridgehead atoms. The van der Waals surface area contributed by atoms with Gasteiger partial charge in [-0.05, 0) is 118 Å². The van der Waals surface area contributed by atoms with Gasteiger partial charge in [0.1, 0.15) is 4.90 Å². The molecule has 5 rings (SSSR count). The molecule has 2 aliphatic rings. The molecule has 2 N–H and O–H groups in total. The maximum atomic E-state index is 14.0. The Morgan fingerprint density at radius 2 is 1.63 bits per heavy atom. The number of hydrogen-bond donors (Lipinski definition) is 2. The molecule has 1 fully saturated rings. The quantitative estimate of drug-likeness (QED) is 0.120. The number of carbonyl (C=O) groups is 1. The fourth-order valence-electron chi connectivity index (χ4n) is 7.51. The number of hydrogen-bond acceptors (Lipinski definition) is 10. The summed E-state index contributed by atoms with van der Waals surface area (Å²) >= 11 is 1.44. The topological polar surface area (TPSA) is 119 Å². The first-order valence-electron chi connectivity index (χ1n) is 20.3. The van der Waals surface area contributed by atoms with Crippen molar-refractivity contribution in [2.45, 2.75) is 85.5 Å². The third-order valence-electron chi connectivity index (χ3n) is 11.0. The van der Waals surface area contributed by atoms with E-state index in [2.05, 4.69) is 42.5 Å². The largest absolute Gasteiger partial charge is 0.501 e. The van der Waals surface area contributed by atoms with Crippen LogP contribution < -0.4 is 14.9 Å². The average molecular weight is 890 g/mol. The standard InChI is InChI=1S/C44H58F3N5O5S3/c1-7-11-32(2)39-29-43(3,4)22-20-34(39)30-51-24-26-52(27-25-51)36-16-14-33(15-17-36)42(53)49-60(56,57)38-18-19-40(41(28-38)59(54,55)44(45,46)47)48-35(21-23-50(5)6)31-58-37-12-9-8-10-13-37/h8-10,12-19,28,35,48H,2,7,11,20-27,29-31H2,1,3-6H3,(H,49,53)/t35-/m1/s1. The molecule has 1 saturated heterocycles. The molecule has 328 valence electrons. The smallest absolute Gasteiger partial charge is 0.380 e. The number of nitrogens with zero attached hydrogens (tertiary/aromatic N) is 3. The molecule has 3 aromatic carbocycles. The summed E-state index contributed by atoms with van der Waals surface area (Å²) in [5.74, 6) is -0.637. The van der Waals surface area contributed by atoms with Crippen molar-refractivity contribution in [1.29, 1.82) is 0 Å². The number of halogens is 3. The summed E-state index contributed by atoms with van der Waals surface area (Å²) in [6.45, 7) is 16.0. The molecule has 0 saturated carbocycles. The van der Waals surface area contributed by atoms with E-state index in [1.165, 1.54) is 40.6 Å². The first kappa shape index (κ1) is 47.2. The SMILES string of the molecule is C=C(CCC)C1=C(CN2CCN(c3ccc(C(=O)NS(=O)(=O)c4ccc(N[C@H](CCN(C)C)CSc5ccccc5)c(S(=O)(=O)C(F)(F)F)c4)cc3)CC2)CCC(C)(C)C1. The lowest BCUT2D eigenvalue weighted by molar-refractivity contribution is -0.0435. The fraction of sp³-hybridized carbons (Fsp3) is 0.477. The molecular formula is C44H58F3N5O5S3. The summed E-state index contributed by atoms with van der Waals surface area (Å²) in [6.07, 6.45) is 5.81. The van der Waals surface area contributed by atoms with Crippen LogP contribution in [0.1, 0.15) is 69.7 Å². The molecule has 1 heterocycles. The molecule has 10 nitrogen and oxygen atoms in total. The van der Waals surface area contributed by atoms with Crippen LogP contribution in [0, 0.1) is 5.41 Å². The van der Waals surface area contributed by atoms with Crippen molar-refractivity contribution in [3.8, 4) is 0 Å². The summed E-state index contributed by atoms with van der Waals surface area (Å²) in [5.41, 5.74) is -0.782. The number of sulfonamides is 1. The van der Waals surface area contributed by atoms with E-state index in [4.69, 9.17) is 0 Å². The van der Waals surface area contributed by atoms with Crippen molar-refractivity contribution in [3.63, 3.8) is 0 Å². The van der Waals surface area contributed by atoms with E-state index in [1.807, 2.05) is 54.0 Å². The van der Waals surface area contributed by atoms with E-state index in [-0.39, 0.29) is 11.0 Å². The number of carbonyl (C=O) groups excluding carboxylic acids is 1. The second-order valence-electron chi connectivity index (χ2n) is 16.7. The van der Waals surface area contributed by atoms with Crippen LogP contribution in [0.15, 0.2) is 111 Å². The predicted molar refractivity (Wildman–Crippen MR) is 236 cm³/mol. The molecule has 0 radical (unpaired) electrons. The van der Waals surface area contributed by atoms with Crippen LogP contribution in [0.3, 0.4) is 0 Å². The second-order valence-corrected chi connectivity index (χ2v) is 21.4. The summed E-state index contributed by atoms with van der Waals surface area (Å²) in [7, 11) is -7.16. The second kappa shape index (κ2) is 19.9. The van der Waals surface area contributed by atoms with Crippen molar-refractivity contribution in [1.82, 2.24) is 14.5 Å². The highest BCUT2D eigenvalue weighted by Crippen LogP contribution is 2.42. The average Bonchev–Trinajstić information content (AvgIpc) is 3.19. The number of anilines is 2. The van der Waals surface area contributed by atoms with E-state index in [0.29, 0.717) is 24.8 Å². The molecule has 60 heavy (non-hydrogen) atoms. The Morgan fingerprint density at radius 3 is 2.25 bits per heavy atom. The van der Waals surface area contributed by atoms with E-state index >= 15 is 0 Å². The van der Waals surface area contributed by atoms with Gasteiger partial charge in [0.25, 0.3) is 25.8 Å². The summed E-state index contributed by atoms with van der Waals surface area (Å²) < 4.78 is 96.7. The molecule has 16 heteroatoms. The number of piperazine rings is 1. The first-order chi connectivity index (χ1) is 28.2. The number of rotatable bonds is 18. The van der Waals surface area contributed by atoms with Gasteiger partial charge in [-0.1, -0.05) is 63.1 Å². The first-order valence-corrected chi connectivity index (χ1v) is 24.2. The van der Waals surface area contributed by atoms with Gasteiger partial charge in [0.05, 0.1) is 10.6 Å². The van der Waals surface area contributed by atoms with E-state index in [1.54, 1.807) is 12.1 Å². The van der Waals surface area contributed by atoms with Gasteiger partial charge < -0.3 is 15.1 Å². The highest BCUT2D eigenvalue weighted by molar-refractivity contribution is 7.99. The maximum absolute atomic E-state index is 14.0. The van der Waals surface area contributed by atoms with Gasteiger partial charge in [0.2, 0.25) is 0 Å². The van der Waals surface area contributed by atoms with E-state index < -0.39 is 52.8 Å². The Labute approximate surface area is 358 Å². The van der Waals surface area contributed by atoms with Gasteiger partial charge in [0, 0.05) is 60.7 Å². The number of sulfone groups is 1. The Balaban J connectivity index is 1.27. The van der Waals surface area contributed by atoms with Crippen molar-refractivity contribution < 1.29 is 34.8 Å². The maximum Gasteiger partial charge on any atom is 0.501 e. The molecule has 1 aliphatic heterocycles. The summed E-state index contributed by atoms with van der Waals surface area (Å²) in [6, 6.07) is 17.7. The number of nitrogens with one attached hydrogen (secondary N) is 2. The van der Waals surface area contributed by atoms with Gasteiger partial charge in [-0.3, -0.25) is 9.69 Å². The fourth-order valence-corrected chi connectivity index (χ4v) is 10.5. The van der Waals surface area contributed by atoms with Crippen LogP contribution in [0.4, 0.5) is 24.5 Å². The summed E-state index contributed by atoms with van der Waals surface area (Å²) in [4.78, 5) is 18.7. The van der Waals surface area contributed by atoms with Gasteiger partial charge in [-0.25, -0.2) is 21.6 Å². The van der Waals surface area contributed by atoms with Crippen molar-refractivity contribution in [2.24, 2.45) is 5.41 Å². The third kappa shape index (κ3) is 12.4. The van der Waals surface area contributed by atoms with Crippen molar-refractivity contribution in [3.05, 3.63) is 102 Å². The van der Waals surface area contributed by atoms with Gasteiger partial charge in [-0.15, -0.1) is 11.8 Å². The Kier molecular flexibility index (Phi) is 15.7. The lowest BCUT2D eigenvalue weighted by atomic mass is 9.72. The van der Waals surface area contributed by atoms with Gasteiger partial charge in [-0.2, -0.15) is 13.2 Å². The molecule has 3 aromatic rings. The zero-order valence-corrected chi connectivity index (χ0v) is 37.6. The zero-order chi connectivity index (χ0) is 43.9. The molecule has 1 aliphatic carbocycles. The minimum Gasteiger partial charge on any atom is -0.380 e. The molecule has 1 atom stereocenters. The van der Waals surface area contributed by atoms with Crippen LogP contribution in [0.2, 0.25) is 0 Å². The van der Waals surface area contributed by atoms with Gasteiger partial charge in [0.15, 0.2) is 0 Å². The van der Waals surface area contributed by atoms with Crippen LogP contribution >= 0.6 is 11.8 Å². The molecule has 0 aromatic heterocycles. The number of allylic oxidation sites excluding steroid dienone is 2. The number of alkyl halides is 3. The van der Waals surface area contributed by atoms with Crippen molar-refractivity contribution in [2.75, 3.05) is 69.3 Å². The number of thioether (sulfide) groups is 1. The molecule has 1 amide bonds. The van der Waals surface area contributed by atoms with Crippen LogP contribution in [-0.2, 0) is 19.9 Å². The number of benzene rings is 3. The predicted octanol–water partition coefficient (Wildman–Crippen LogP) is 8.61. The molecule has 0 unspecified atom stereocenters. The lowest BCUT2D eigenvalue weighted by Crippen LogP contribution is -2.47. The van der Waals surface area contributed by atoms with Crippen LogP contribution in [0.25, 0.3) is 0 Å². The Morgan fingerprint density at radius 1 is 0.967 bits per heavy atom. The van der Waals surface area contributed by atoms with Crippen LogP contribution in [0.5, 0.6) is 0 Å². The Hall–Kier alpha value is -3.83.